The number of hydrogen-bond donors (Lipinski definition) is 0. The molecule has 0 saturated heterocycles. The van der Waals surface area contributed by atoms with E-state index in [1.807, 2.05) is 6.08 Å². The van der Waals surface area contributed by atoms with Crippen molar-refractivity contribution < 1.29 is 0 Å². The zero-order chi connectivity index (χ0) is 34.8. The van der Waals surface area contributed by atoms with Gasteiger partial charge in [-0.25, -0.2) is 0 Å². The van der Waals surface area contributed by atoms with E-state index in [0.717, 1.165) is 28.3 Å². The standard InChI is InChI=1S/C49H34N2Se/c1-3-39-43(4-2)50(36-29-27-34(28-30-36)33-17-7-5-8-18-33)46-31-38-37-21-11-14-24-44(37)51(35-19-9-6-10-20-35)45(38)32-42(46)49(39)40-22-12-15-25-47(40)52-48-26-16-13-23-41(48)49/h3-32H,1-2H2. The van der Waals surface area contributed by atoms with Crippen LogP contribution in [-0.2, 0) is 5.41 Å². The van der Waals surface area contributed by atoms with Gasteiger partial charge >= 0.3 is 294 Å². The van der Waals surface area contributed by atoms with Gasteiger partial charge in [0.1, 0.15) is 0 Å². The average molecular weight is 730 g/mol. The normalized spacial score (nSPS) is 14.3. The second kappa shape index (κ2) is 12.0. The molecule has 0 radical (unpaired) electrons. The van der Waals surface area contributed by atoms with Crippen molar-refractivity contribution in [3.8, 4) is 16.8 Å². The van der Waals surface area contributed by atoms with Crippen LogP contribution in [0.2, 0.25) is 0 Å². The molecule has 52 heavy (non-hydrogen) atoms. The van der Waals surface area contributed by atoms with Crippen LogP contribution >= 0.6 is 0 Å². The van der Waals surface area contributed by atoms with Gasteiger partial charge in [0.05, 0.1) is 0 Å². The van der Waals surface area contributed by atoms with E-state index < -0.39 is 5.41 Å². The van der Waals surface area contributed by atoms with Crippen LogP contribution in [0.3, 0.4) is 0 Å². The molecule has 0 N–H and O–H groups in total. The second-order valence-corrected chi connectivity index (χ2v) is 15.6. The Morgan fingerprint density at radius 2 is 1.08 bits per heavy atom. The Labute approximate surface area is 310 Å². The first kappa shape index (κ1) is 30.7. The Kier molecular flexibility index (Phi) is 7.08. The number of nitrogens with zero attached hydrogens (tertiary/aromatic N) is 2. The summed E-state index contributed by atoms with van der Waals surface area (Å²) in [4.78, 5) is 2.42. The van der Waals surface area contributed by atoms with Crippen molar-refractivity contribution in [3.05, 3.63) is 223 Å². The Hall–Kier alpha value is -6.12. The Morgan fingerprint density at radius 3 is 1.75 bits per heavy atom. The van der Waals surface area contributed by atoms with E-state index in [1.165, 1.54) is 58.5 Å². The summed E-state index contributed by atoms with van der Waals surface area (Å²) in [5.41, 5.74) is 13.6. The van der Waals surface area contributed by atoms with Crippen LogP contribution in [0.5, 0.6) is 0 Å². The quantitative estimate of drug-likeness (QED) is 0.160. The average Bonchev–Trinajstić information content (AvgIpc) is 3.54. The van der Waals surface area contributed by atoms with Crippen molar-refractivity contribution in [1.82, 2.24) is 4.57 Å². The number of rotatable bonds is 5. The third-order valence-corrected chi connectivity index (χ3v) is 13.2. The number of allylic oxidation sites excluding steroid dienone is 3. The molecule has 1 aromatic heterocycles. The minimum atomic E-state index is -0.611. The van der Waals surface area contributed by atoms with Gasteiger partial charge in [0.25, 0.3) is 0 Å². The van der Waals surface area contributed by atoms with Gasteiger partial charge in [-0.3, -0.25) is 0 Å². The first-order valence-corrected chi connectivity index (χ1v) is 19.4. The molecule has 2 nitrogen and oxygen atoms in total. The predicted molar refractivity (Wildman–Crippen MR) is 220 cm³/mol. The molecule has 0 atom stereocenters. The Morgan fingerprint density at radius 1 is 0.481 bits per heavy atom. The zero-order valence-corrected chi connectivity index (χ0v) is 30.3. The third-order valence-electron chi connectivity index (χ3n) is 10.8. The molecule has 0 amide bonds. The van der Waals surface area contributed by atoms with Crippen LogP contribution in [0.15, 0.2) is 206 Å². The summed E-state index contributed by atoms with van der Waals surface area (Å²) in [6, 6.07) is 62.2. The molecule has 0 aliphatic carbocycles. The van der Waals surface area contributed by atoms with Crippen molar-refractivity contribution in [3.63, 3.8) is 0 Å². The van der Waals surface area contributed by atoms with E-state index in [9.17, 15) is 0 Å². The maximum absolute atomic E-state index is 4.56. The Bertz CT molecular complexity index is 2690. The van der Waals surface area contributed by atoms with Gasteiger partial charge in [0, 0.05) is 0 Å². The van der Waals surface area contributed by atoms with Crippen molar-refractivity contribution in [2.45, 2.75) is 5.41 Å². The molecule has 3 heteroatoms. The molecule has 0 bridgehead atoms. The van der Waals surface area contributed by atoms with Gasteiger partial charge in [-0.2, -0.15) is 0 Å². The number of hydrogen-bond acceptors (Lipinski definition) is 1. The van der Waals surface area contributed by atoms with E-state index in [0.29, 0.717) is 0 Å². The number of anilines is 2. The monoisotopic (exact) mass is 730 g/mol. The van der Waals surface area contributed by atoms with Crippen LogP contribution in [0, 0.1) is 0 Å². The fourth-order valence-corrected chi connectivity index (χ4v) is 11.2. The van der Waals surface area contributed by atoms with E-state index in [4.69, 9.17) is 0 Å². The van der Waals surface area contributed by atoms with Gasteiger partial charge in [-0.05, 0) is 0 Å². The predicted octanol–water partition coefficient (Wildman–Crippen LogP) is 10.5. The molecule has 10 rings (SSSR count). The van der Waals surface area contributed by atoms with E-state index in [-0.39, 0.29) is 15.0 Å². The van der Waals surface area contributed by atoms with Crippen LogP contribution in [-0.4, -0.2) is 19.5 Å². The van der Waals surface area contributed by atoms with Gasteiger partial charge in [-0.15, -0.1) is 0 Å². The molecule has 1 spiro atoms. The molecule has 246 valence electrons. The number of fused-ring (bicyclic) bond motifs is 9. The number of benzene rings is 7. The van der Waals surface area contributed by atoms with Gasteiger partial charge < -0.3 is 0 Å². The summed E-state index contributed by atoms with van der Waals surface area (Å²) < 4.78 is 5.22. The topological polar surface area (TPSA) is 8.17 Å². The molecule has 8 aromatic rings. The van der Waals surface area contributed by atoms with E-state index in [2.05, 4.69) is 199 Å². The SMILES string of the molecule is C=CC1=C(C=C)C2(c3ccccc3[Se]c3ccccc32)c2cc3c(cc2N1c1ccc(-c2ccccc2)cc1)c1ccccc1n3-c1ccccc1. The number of aromatic nitrogens is 1. The van der Waals surface area contributed by atoms with Crippen LogP contribution in [0.4, 0.5) is 11.4 Å². The third kappa shape index (κ3) is 4.31. The van der Waals surface area contributed by atoms with Crippen LogP contribution in [0.1, 0.15) is 16.7 Å². The van der Waals surface area contributed by atoms with Crippen molar-refractivity contribution in [1.29, 1.82) is 0 Å². The molecule has 2 aliphatic rings. The molecule has 7 aromatic carbocycles. The summed E-state index contributed by atoms with van der Waals surface area (Å²) in [6.45, 7) is 9.06. The molecule has 0 fully saturated rings. The fourth-order valence-electron chi connectivity index (χ4n) is 8.68. The van der Waals surface area contributed by atoms with Crippen molar-refractivity contribution in [2.75, 3.05) is 4.90 Å². The van der Waals surface area contributed by atoms with Gasteiger partial charge in [-0.1, -0.05) is 18.2 Å². The number of para-hydroxylation sites is 2. The fraction of sp³-hybridized carbons (Fsp3) is 0.0204. The molecule has 2 aliphatic heterocycles. The van der Waals surface area contributed by atoms with Crippen LogP contribution < -0.4 is 13.8 Å². The summed E-state index contributed by atoms with van der Waals surface area (Å²) in [6.07, 6.45) is 4.13. The molecule has 0 saturated carbocycles. The zero-order valence-electron chi connectivity index (χ0n) is 28.5. The van der Waals surface area contributed by atoms with Gasteiger partial charge in [0.15, 0.2) is 0 Å². The van der Waals surface area contributed by atoms with E-state index in [1.54, 1.807) is 0 Å². The molecule has 3 heterocycles. The first-order valence-electron chi connectivity index (χ1n) is 17.7. The van der Waals surface area contributed by atoms with Crippen molar-refractivity contribution >= 4 is 57.1 Å². The van der Waals surface area contributed by atoms with Gasteiger partial charge in [0.2, 0.25) is 0 Å². The summed E-state index contributed by atoms with van der Waals surface area (Å²) in [7, 11) is 0. The van der Waals surface area contributed by atoms with Crippen LogP contribution in [0.25, 0.3) is 38.6 Å². The molecular formula is C49H34N2Se. The minimum absolute atomic E-state index is 0.159. The summed E-state index contributed by atoms with van der Waals surface area (Å²) >= 11 is 0.159. The molecule has 0 unspecified atom stereocenters. The molecular weight excluding hydrogens is 696 g/mol. The first-order chi connectivity index (χ1) is 25.7. The summed E-state index contributed by atoms with van der Waals surface area (Å²) in [5, 5.41) is 2.44. The van der Waals surface area contributed by atoms with E-state index >= 15 is 0 Å². The maximum atomic E-state index is 4.56. The second-order valence-electron chi connectivity index (χ2n) is 13.4. The van der Waals surface area contributed by atoms with Crippen molar-refractivity contribution in [2.24, 2.45) is 0 Å². The Balaban J connectivity index is 1.37. The summed E-state index contributed by atoms with van der Waals surface area (Å²) in [5.74, 6) is 0.